The Kier molecular flexibility index (Phi) is 4.53. The lowest BCUT2D eigenvalue weighted by Gasteiger charge is -2.22. The molecule has 0 spiro atoms. The van der Waals surface area contributed by atoms with Crippen LogP contribution in [0.4, 0.5) is 4.39 Å². The van der Waals surface area contributed by atoms with Crippen molar-refractivity contribution >= 4 is 16.9 Å². The summed E-state index contributed by atoms with van der Waals surface area (Å²) in [6, 6.07) is 5.34. The number of hydrogen-bond acceptors (Lipinski definition) is 5. The number of fused-ring (bicyclic) bond motifs is 2. The molecule has 0 radical (unpaired) electrons. The molecule has 31 heavy (non-hydrogen) atoms. The highest BCUT2D eigenvalue weighted by Crippen LogP contribution is 2.55. The lowest BCUT2D eigenvalue weighted by molar-refractivity contribution is -0.137. The number of unbranched alkanes of at least 4 members (excludes halogenated alkanes) is 1. The van der Waals surface area contributed by atoms with E-state index in [9.17, 15) is 14.0 Å². The number of aryl methyl sites for hydroxylation is 1. The number of aliphatic carboxylic acids is 1. The Bertz CT molecular complexity index is 1290. The molecule has 8 nitrogen and oxygen atoms in total. The molecule has 3 aromatic rings. The lowest BCUT2D eigenvalue weighted by atomic mass is 10.0. The molecule has 2 unspecified atom stereocenters. The molecule has 9 heteroatoms. The van der Waals surface area contributed by atoms with Crippen LogP contribution in [0.25, 0.3) is 22.2 Å². The molecule has 0 bridgehead atoms. The van der Waals surface area contributed by atoms with Gasteiger partial charge in [-0.15, -0.1) is 0 Å². The highest BCUT2D eigenvalue weighted by molar-refractivity contribution is 5.83. The molecular formula is C22H20FN5O3. The van der Waals surface area contributed by atoms with Crippen LogP contribution in [0.2, 0.25) is 0 Å². The van der Waals surface area contributed by atoms with Gasteiger partial charge in [-0.2, -0.15) is 15.4 Å². The second-order valence-electron chi connectivity index (χ2n) is 8.04. The van der Waals surface area contributed by atoms with Crippen LogP contribution in [0.3, 0.4) is 0 Å². The number of carbonyl (C=O) groups is 1. The van der Waals surface area contributed by atoms with E-state index in [1.165, 1.54) is 6.08 Å². The maximum absolute atomic E-state index is 13.7. The summed E-state index contributed by atoms with van der Waals surface area (Å²) < 4.78 is 15.4. The van der Waals surface area contributed by atoms with Crippen LogP contribution in [0.1, 0.15) is 31.5 Å². The van der Waals surface area contributed by atoms with Crippen LogP contribution in [0.5, 0.6) is 0 Å². The highest BCUT2D eigenvalue weighted by atomic mass is 19.1. The molecule has 2 atom stereocenters. The standard InChI is InChI=1S/C22H20FN5O3/c23-15-7-8-22(11-14(22)10-15)28-19(3-1-2-4-20(29)30)25-17-9-13(18-12-24-27-26-18)5-6-16(17)21(28)31/h5-10,12,14H,1-4,11H2,(H,29,30)(H,24,26,27). The number of hydrogen-bond donors (Lipinski definition) is 2. The number of benzene rings is 1. The Morgan fingerprint density at radius 2 is 2.23 bits per heavy atom. The fourth-order valence-corrected chi connectivity index (χ4v) is 4.38. The summed E-state index contributed by atoms with van der Waals surface area (Å²) in [5, 5.41) is 19.9. The van der Waals surface area contributed by atoms with Crippen molar-refractivity contribution in [1.82, 2.24) is 25.0 Å². The molecule has 2 aromatic heterocycles. The molecule has 1 fully saturated rings. The van der Waals surface area contributed by atoms with E-state index in [4.69, 9.17) is 10.1 Å². The molecule has 2 aliphatic rings. The van der Waals surface area contributed by atoms with Crippen molar-refractivity contribution in [1.29, 1.82) is 0 Å². The second kappa shape index (κ2) is 7.26. The predicted octanol–water partition coefficient (Wildman–Crippen LogP) is 3.12. The van der Waals surface area contributed by atoms with Gasteiger partial charge in [-0.05, 0) is 43.5 Å². The smallest absolute Gasteiger partial charge is 0.303 e. The van der Waals surface area contributed by atoms with Crippen molar-refractivity contribution in [2.24, 2.45) is 5.92 Å². The summed E-state index contributed by atoms with van der Waals surface area (Å²) in [5.41, 5.74) is 1.21. The lowest BCUT2D eigenvalue weighted by Crippen LogP contribution is -2.35. The summed E-state index contributed by atoms with van der Waals surface area (Å²) in [5.74, 6) is -0.636. The van der Waals surface area contributed by atoms with E-state index >= 15 is 0 Å². The molecule has 1 saturated carbocycles. The van der Waals surface area contributed by atoms with E-state index in [1.54, 1.807) is 41.1 Å². The third-order valence-electron chi connectivity index (χ3n) is 6.03. The monoisotopic (exact) mass is 421 g/mol. The number of nitrogens with one attached hydrogen (secondary N) is 1. The van der Waals surface area contributed by atoms with Crippen molar-refractivity contribution in [3.05, 3.63) is 64.6 Å². The first-order valence-electron chi connectivity index (χ1n) is 10.2. The van der Waals surface area contributed by atoms with Crippen molar-refractivity contribution in [2.45, 2.75) is 37.6 Å². The number of allylic oxidation sites excluding steroid dienone is 4. The van der Waals surface area contributed by atoms with Crippen LogP contribution < -0.4 is 5.56 Å². The molecule has 2 heterocycles. The topological polar surface area (TPSA) is 114 Å². The maximum atomic E-state index is 13.7. The van der Waals surface area contributed by atoms with Gasteiger partial charge in [-0.25, -0.2) is 9.37 Å². The average Bonchev–Trinajstić information content (AvgIpc) is 3.18. The molecule has 1 aromatic carbocycles. The highest BCUT2D eigenvalue weighted by Gasteiger charge is 2.55. The minimum Gasteiger partial charge on any atom is -0.481 e. The molecule has 158 valence electrons. The average molecular weight is 421 g/mol. The van der Waals surface area contributed by atoms with E-state index < -0.39 is 11.5 Å². The summed E-state index contributed by atoms with van der Waals surface area (Å²) in [6.45, 7) is 0. The van der Waals surface area contributed by atoms with Gasteiger partial charge >= 0.3 is 5.97 Å². The van der Waals surface area contributed by atoms with Gasteiger partial charge in [-0.3, -0.25) is 14.2 Å². The zero-order chi connectivity index (χ0) is 21.6. The number of rotatable bonds is 7. The van der Waals surface area contributed by atoms with Crippen molar-refractivity contribution in [3.8, 4) is 11.3 Å². The Balaban J connectivity index is 1.60. The maximum Gasteiger partial charge on any atom is 0.303 e. The molecular weight excluding hydrogens is 401 g/mol. The Labute approximate surface area is 176 Å². The summed E-state index contributed by atoms with van der Waals surface area (Å²) >= 11 is 0. The zero-order valence-electron chi connectivity index (χ0n) is 16.6. The fourth-order valence-electron chi connectivity index (χ4n) is 4.38. The number of aromatic amines is 1. The molecule has 0 amide bonds. The zero-order valence-corrected chi connectivity index (χ0v) is 16.6. The summed E-state index contributed by atoms with van der Waals surface area (Å²) in [6.07, 6.45) is 8.55. The van der Waals surface area contributed by atoms with Gasteiger partial charge in [0.1, 0.15) is 17.3 Å². The van der Waals surface area contributed by atoms with Crippen LogP contribution in [-0.2, 0) is 16.8 Å². The Hall–Kier alpha value is -3.62. The molecule has 2 aliphatic carbocycles. The Morgan fingerprint density at radius 1 is 1.35 bits per heavy atom. The van der Waals surface area contributed by atoms with Crippen LogP contribution in [0.15, 0.2) is 53.2 Å². The normalized spacial score (nSPS) is 21.7. The van der Waals surface area contributed by atoms with Gasteiger partial charge in [0.2, 0.25) is 0 Å². The van der Waals surface area contributed by atoms with Crippen molar-refractivity contribution in [2.75, 3.05) is 0 Å². The number of aromatic nitrogens is 5. The molecule has 0 aliphatic heterocycles. The third kappa shape index (κ3) is 3.35. The summed E-state index contributed by atoms with van der Waals surface area (Å²) in [7, 11) is 0. The van der Waals surface area contributed by atoms with E-state index in [2.05, 4.69) is 15.4 Å². The van der Waals surface area contributed by atoms with E-state index in [0.29, 0.717) is 48.1 Å². The number of nitrogens with zero attached hydrogens (tertiary/aromatic N) is 4. The molecule has 2 N–H and O–H groups in total. The van der Waals surface area contributed by atoms with Crippen molar-refractivity contribution in [3.63, 3.8) is 0 Å². The van der Waals surface area contributed by atoms with E-state index in [1.807, 2.05) is 0 Å². The van der Waals surface area contributed by atoms with Crippen LogP contribution in [-0.4, -0.2) is 36.0 Å². The van der Waals surface area contributed by atoms with Crippen molar-refractivity contribution < 1.29 is 14.3 Å². The first kappa shape index (κ1) is 19.3. The molecule has 0 saturated heterocycles. The Morgan fingerprint density at radius 3 is 2.97 bits per heavy atom. The van der Waals surface area contributed by atoms with Gasteiger partial charge in [0.05, 0.1) is 22.6 Å². The van der Waals surface area contributed by atoms with Gasteiger partial charge in [0.15, 0.2) is 0 Å². The minimum absolute atomic E-state index is 0.0652. The van der Waals surface area contributed by atoms with Gasteiger partial charge < -0.3 is 5.11 Å². The van der Waals surface area contributed by atoms with E-state index in [-0.39, 0.29) is 23.7 Å². The van der Waals surface area contributed by atoms with Gasteiger partial charge in [0.25, 0.3) is 5.56 Å². The number of carboxylic acids is 1. The van der Waals surface area contributed by atoms with Crippen LogP contribution >= 0.6 is 0 Å². The van der Waals surface area contributed by atoms with Crippen LogP contribution in [0, 0.1) is 5.92 Å². The van der Waals surface area contributed by atoms with Gasteiger partial charge in [-0.1, -0.05) is 12.1 Å². The quantitative estimate of drug-likeness (QED) is 0.567. The number of halogens is 1. The van der Waals surface area contributed by atoms with Gasteiger partial charge in [0, 0.05) is 24.3 Å². The SMILES string of the molecule is O=C(O)CCCCc1nc2cc(-c3cn[nH]n3)ccc2c(=O)n1C12C=CC(F)=CC1C2. The molecule has 5 rings (SSSR count). The largest absolute Gasteiger partial charge is 0.481 e. The number of H-pyrrole nitrogens is 1. The first-order chi connectivity index (χ1) is 15.0. The summed E-state index contributed by atoms with van der Waals surface area (Å²) in [4.78, 5) is 29.2. The second-order valence-corrected chi connectivity index (χ2v) is 8.04. The first-order valence-corrected chi connectivity index (χ1v) is 10.2. The minimum atomic E-state index is -0.849. The third-order valence-corrected chi connectivity index (χ3v) is 6.03. The fraction of sp³-hybridized carbons (Fsp3) is 0.318. The predicted molar refractivity (Wildman–Crippen MR) is 111 cm³/mol. The number of carboxylic acid groups (broad SMARTS) is 1. The van der Waals surface area contributed by atoms with E-state index in [0.717, 1.165) is 5.56 Å².